The van der Waals surface area contributed by atoms with Crippen molar-refractivity contribution >= 4 is 29.3 Å². The Morgan fingerprint density at radius 2 is 1.83 bits per heavy atom. The van der Waals surface area contributed by atoms with Gasteiger partial charge in [0, 0.05) is 29.8 Å². The highest BCUT2D eigenvalue weighted by atomic mass is 35.5. The fourth-order valence-corrected chi connectivity index (χ4v) is 4.01. The van der Waals surface area contributed by atoms with Crippen molar-refractivity contribution in [1.82, 2.24) is 4.90 Å². The summed E-state index contributed by atoms with van der Waals surface area (Å²) in [5.41, 5.74) is 1.20. The van der Waals surface area contributed by atoms with E-state index in [2.05, 4.69) is 0 Å². The van der Waals surface area contributed by atoms with Gasteiger partial charge in [0.05, 0.1) is 19.0 Å². The summed E-state index contributed by atoms with van der Waals surface area (Å²) in [4.78, 5) is 14.3. The molecule has 1 aromatic carbocycles. The number of thioether (sulfide) groups is 1. The van der Waals surface area contributed by atoms with E-state index in [4.69, 9.17) is 21.1 Å². The zero-order chi connectivity index (χ0) is 16.1. The van der Waals surface area contributed by atoms with Crippen molar-refractivity contribution in [2.24, 2.45) is 5.92 Å². The molecule has 3 rings (SSSR count). The van der Waals surface area contributed by atoms with Gasteiger partial charge in [0.2, 0.25) is 5.91 Å². The van der Waals surface area contributed by atoms with E-state index >= 15 is 0 Å². The van der Waals surface area contributed by atoms with E-state index in [1.807, 2.05) is 29.2 Å². The Balaban J connectivity index is 1.36. The zero-order valence-corrected chi connectivity index (χ0v) is 14.7. The third kappa shape index (κ3) is 4.86. The second-order valence-electron chi connectivity index (χ2n) is 5.95. The molecule has 0 atom stereocenters. The van der Waals surface area contributed by atoms with Gasteiger partial charge in [-0.3, -0.25) is 4.79 Å². The van der Waals surface area contributed by atoms with Crippen LogP contribution in [0, 0.1) is 5.92 Å². The van der Waals surface area contributed by atoms with Gasteiger partial charge in [0.25, 0.3) is 0 Å². The Morgan fingerprint density at radius 1 is 1.17 bits per heavy atom. The van der Waals surface area contributed by atoms with Crippen LogP contribution in [0.5, 0.6) is 0 Å². The van der Waals surface area contributed by atoms with Crippen LogP contribution in [0.4, 0.5) is 0 Å². The maximum Gasteiger partial charge on any atom is 0.232 e. The average molecular weight is 356 g/mol. The monoisotopic (exact) mass is 355 g/mol. The molecule has 0 radical (unpaired) electrons. The molecule has 126 valence electrons. The lowest BCUT2D eigenvalue weighted by Gasteiger charge is -2.33. The lowest BCUT2D eigenvalue weighted by Crippen LogP contribution is -2.42. The van der Waals surface area contributed by atoms with E-state index in [1.165, 1.54) is 5.56 Å². The molecule has 23 heavy (non-hydrogen) atoms. The predicted octanol–water partition coefficient (Wildman–Crippen LogP) is 3.18. The van der Waals surface area contributed by atoms with Crippen LogP contribution in [0.1, 0.15) is 18.4 Å². The normalized spacial score (nSPS) is 20.1. The average Bonchev–Trinajstić information content (AvgIpc) is 3.11. The topological polar surface area (TPSA) is 38.8 Å². The number of piperidine rings is 1. The van der Waals surface area contributed by atoms with Gasteiger partial charge in [-0.1, -0.05) is 23.7 Å². The highest BCUT2D eigenvalue weighted by Gasteiger charge is 2.31. The molecule has 0 bridgehead atoms. The molecule has 6 heteroatoms. The number of rotatable bonds is 5. The summed E-state index contributed by atoms with van der Waals surface area (Å²) in [6.45, 7) is 3.03. The first-order chi connectivity index (χ1) is 11.2. The minimum Gasteiger partial charge on any atom is -0.350 e. The third-order valence-electron chi connectivity index (χ3n) is 4.33. The van der Waals surface area contributed by atoms with Gasteiger partial charge in [-0.25, -0.2) is 0 Å². The largest absolute Gasteiger partial charge is 0.350 e. The number of halogens is 1. The molecule has 2 aliphatic rings. The van der Waals surface area contributed by atoms with Crippen LogP contribution in [0.3, 0.4) is 0 Å². The SMILES string of the molecule is O=C(CSCc1ccc(Cl)cc1)N1CCC(C2OCCO2)CC1. The molecule has 0 unspecified atom stereocenters. The molecule has 0 saturated carbocycles. The molecular formula is C17H22ClNO3S. The van der Waals surface area contributed by atoms with Crippen molar-refractivity contribution in [3.8, 4) is 0 Å². The predicted molar refractivity (Wildman–Crippen MR) is 92.6 cm³/mol. The van der Waals surface area contributed by atoms with Gasteiger partial charge in [0.1, 0.15) is 0 Å². The highest BCUT2D eigenvalue weighted by molar-refractivity contribution is 7.99. The summed E-state index contributed by atoms with van der Waals surface area (Å²) in [5.74, 6) is 2.03. The summed E-state index contributed by atoms with van der Waals surface area (Å²) in [6.07, 6.45) is 1.89. The van der Waals surface area contributed by atoms with E-state index in [1.54, 1.807) is 11.8 Å². The van der Waals surface area contributed by atoms with Crippen LogP contribution in [0.2, 0.25) is 5.02 Å². The van der Waals surface area contributed by atoms with Crippen LogP contribution < -0.4 is 0 Å². The number of carbonyl (C=O) groups excluding carboxylic acids is 1. The smallest absolute Gasteiger partial charge is 0.232 e. The number of hydrogen-bond acceptors (Lipinski definition) is 4. The molecular weight excluding hydrogens is 334 g/mol. The van der Waals surface area contributed by atoms with Gasteiger partial charge in [0.15, 0.2) is 6.29 Å². The molecule has 1 aromatic rings. The third-order valence-corrected chi connectivity index (χ3v) is 5.57. The Kier molecular flexibility index (Phi) is 6.22. The van der Waals surface area contributed by atoms with Crippen molar-refractivity contribution < 1.29 is 14.3 Å². The standard InChI is InChI=1S/C17H22ClNO3S/c18-15-3-1-13(2-4-15)11-23-12-16(20)19-7-5-14(6-8-19)17-21-9-10-22-17/h1-4,14,17H,5-12H2. The van der Waals surface area contributed by atoms with E-state index in [0.717, 1.165) is 36.7 Å². The number of carbonyl (C=O) groups is 1. The van der Waals surface area contributed by atoms with E-state index in [-0.39, 0.29) is 12.2 Å². The molecule has 0 spiro atoms. The van der Waals surface area contributed by atoms with Crippen molar-refractivity contribution in [3.63, 3.8) is 0 Å². The highest BCUT2D eigenvalue weighted by Crippen LogP contribution is 2.26. The first-order valence-corrected chi connectivity index (χ1v) is 9.59. The first-order valence-electron chi connectivity index (χ1n) is 8.05. The lowest BCUT2D eigenvalue weighted by molar-refractivity contribution is -0.134. The minimum atomic E-state index is -0.0495. The quantitative estimate of drug-likeness (QED) is 0.813. The summed E-state index contributed by atoms with van der Waals surface area (Å²) in [7, 11) is 0. The van der Waals surface area contributed by atoms with Crippen molar-refractivity contribution in [2.75, 3.05) is 32.1 Å². The van der Waals surface area contributed by atoms with Crippen LogP contribution in [0.25, 0.3) is 0 Å². The number of nitrogens with zero attached hydrogens (tertiary/aromatic N) is 1. The molecule has 2 saturated heterocycles. The zero-order valence-electron chi connectivity index (χ0n) is 13.1. The molecule has 2 aliphatic heterocycles. The molecule has 1 amide bonds. The van der Waals surface area contributed by atoms with Crippen LogP contribution in [0.15, 0.2) is 24.3 Å². The van der Waals surface area contributed by atoms with Gasteiger partial charge < -0.3 is 14.4 Å². The van der Waals surface area contributed by atoms with Crippen LogP contribution in [-0.2, 0) is 20.0 Å². The van der Waals surface area contributed by atoms with E-state index < -0.39 is 0 Å². The van der Waals surface area contributed by atoms with Gasteiger partial charge >= 0.3 is 0 Å². The summed E-state index contributed by atoms with van der Waals surface area (Å²) >= 11 is 7.53. The lowest BCUT2D eigenvalue weighted by atomic mass is 9.96. The number of hydrogen-bond donors (Lipinski definition) is 0. The van der Waals surface area contributed by atoms with E-state index in [9.17, 15) is 4.79 Å². The van der Waals surface area contributed by atoms with Crippen molar-refractivity contribution in [2.45, 2.75) is 24.9 Å². The second-order valence-corrected chi connectivity index (χ2v) is 7.37. The van der Waals surface area contributed by atoms with Crippen molar-refractivity contribution in [3.05, 3.63) is 34.9 Å². The van der Waals surface area contributed by atoms with Crippen molar-refractivity contribution in [1.29, 1.82) is 0 Å². The summed E-state index contributed by atoms with van der Waals surface area (Å²) in [5, 5.41) is 0.743. The Labute approximate surface area is 146 Å². The number of amides is 1. The fraction of sp³-hybridized carbons (Fsp3) is 0.588. The maximum atomic E-state index is 12.3. The number of ether oxygens (including phenoxy) is 2. The fourth-order valence-electron chi connectivity index (χ4n) is 3.00. The molecule has 0 aliphatic carbocycles. The minimum absolute atomic E-state index is 0.0495. The van der Waals surface area contributed by atoms with E-state index in [0.29, 0.717) is 24.9 Å². The molecule has 4 nitrogen and oxygen atoms in total. The summed E-state index contributed by atoms with van der Waals surface area (Å²) < 4.78 is 11.1. The Hall–Kier alpha value is -0.750. The van der Waals surface area contributed by atoms with Crippen LogP contribution >= 0.6 is 23.4 Å². The number of benzene rings is 1. The van der Waals surface area contributed by atoms with Gasteiger partial charge in [-0.05, 0) is 30.5 Å². The Bertz CT molecular complexity index is 511. The van der Waals surface area contributed by atoms with Gasteiger partial charge in [-0.15, -0.1) is 11.8 Å². The number of likely N-dealkylation sites (tertiary alicyclic amines) is 1. The molecule has 0 aromatic heterocycles. The summed E-state index contributed by atoms with van der Waals surface area (Å²) in [6, 6.07) is 7.79. The maximum absolute atomic E-state index is 12.3. The molecule has 0 N–H and O–H groups in total. The molecule has 2 fully saturated rings. The molecule has 2 heterocycles. The Morgan fingerprint density at radius 3 is 2.48 bits per heavy atom. The first kappa shape index (κ1) is 17.1. The van der Waals surface area contributed by atoms with Gasteiger partial charge in [-0.2, -0.15) is 0 Å². The second kappa shape index (κ2) is 8.38. The van der Waals surface area contributed by atoms with Crippen LogP contribution in [-0.4, -0.2) is 49.2 Å².